The summed E-state index contributed by atoms with van der Waals surface area (Å²) >= 11 is 12.8. The quantitative estimate of drug-likeness (QED) is 0.740. The molecular formula is C16H16Cl2O2. The molecule has 0 radical (unpaired) electrons. The second-order valence-electron chi connectivity index (χ2n) is 4.50. The molecule has 0 aromatic heterocycles. The lowest BCUT2D eigenvalue weighted by molar-refractivity contribution is 0.354. The van der Waals surface area contributed by atoms with E-state index in [0.29, 0.717) is 16.5 Å². The minimum atomic E-state index is -0.331. The first kappa shape index (κ1) is 15.0. The Labute approximate surface area is 129 Å². The first-order valence-electron chi connectivity index (χ1n) is 6.19. The number of hydrogen-bond acceptors (Lipinski definition) is 2. The van der Waals surface area contributed by atoms with E-state index < -0.39 is 0 Å². The molecule has 0 aliphatic rings. The molecule has 0 amide bonds. The van der Waals surface area contributed by atoms with Crippen molar-refractivity contribution in [2.45, 2.75) is 12.3 Å². The summed E-state index contributed by atoms with van der Waals surface area (Å²) in [6.07, 6.45) is 0. The number of hydrogen-bond donors (Lipinski definition) is 0. The lowest BCUT2D eigenvalue weighted by atomic mass is 10.0. The summed E-state index contributed by atoms with van der Waals surface area (Å²) in [5, 5.41) is 0.228. The molecule has 2 rings (SSSR count). The molecule has 0 aliphatic heterocycles. The van der Waals surface area contributed by atoms with Gasteiger partial charge in [-0.2, -0.15) is 0 Å². The van der Waals surface area contributed by atoms with Gasteiger partial charge in [0.25, 0.3) is 0 Å². The highest BCUT2D eigenvalue weighted by atomic mass is 35.5. The third-order valence-electron chi connectivity index (χ3n) is 3.15. The van der Waals surface area contributed by atoms with Crippen molar-refractivity contribution < 1.29 is 9.47 Å². The van der Waals surface area contributed by atoms with Gasteiger partial charge >= 0.3 is 0 Å². The van der Waals surface area contributed by atoms with E-state index in [1.165, 1.54) is 5.56 Å². The van der Waals surface area contributed by atoms with Crippen LogP contribution in [-0.4, -0.2) is 14.2 Å². The van der Waals surface area contributed by atoms with Gasteiger partial charge in [-0.05, 0) is 24.1 Å². The Kier molecular flexibility index (Phi) is 4.79. The molecule has 0 N–H and O–H groups in total. The van der Waals surface area contributed by atoms with Crippen molar-refractivity contribution in [1.29, 1.82) is 0 Å². The molecule has 2 aromatic carbocycles. The zero-order chi connectivity index (χ0) is 14.7. The molecule has 0 fully saturated rings. The fourth-order valence-electron chi connectivity index (χ4n) is 1.98. The average Bonchev–Trinajstić information content (AvgIpc) is 2.47. The number of alkyl halides is 1. The van der Waals surface area contributed by atoms with Crippen molar-refractivity contribution >= 4 is 23.2 Å². The van der Waals surface area contributed by atoms with Crippen LogP contribution in [0.4, 0.5) is 0 Å². The third kappa shape index (κ3) is 3.02. The van der Waals surface area contributed by atoms with Gasteiger partial charge in [-0.15, -0.1) is 11.6 Å². The first-order chi connectivity index (χ1) is 9.56. The zero-order valence-corrected chi connectivity index (χ0v) is 13.1. The lowest BCUT2D eigenvalue weighted by Gasteiger charge is -2.16. The smallest absolute Gasteiger partial charge is 0.162 e. The van der Waals surface area contributed by atoms with Crippen LogP contribution in [0.25, 0.3) is 0 Å². The van der Waals surface area contributed by atoms with Crippen molar-refractivity contribution in [1.82, 2.24) is 0 Å². The van der Waals surface area contributed by atoms with Crippen LogP contribution in [0.15, 0.2) is 36.4 Å². The van der Waals surface area contributed by atoms with Crippen LogP contribution in [-0.2, 0) is 0 Å². The van der Waals surface area contributed by atoms with E-state index in [9.17, 15) is 0 Å². The normalized spacial score (nSPS) is 12.1. The van der Waals surface area contributed by atoms with Gasteiger partial charge in [0, 0.05) is 11.1 Å². The molecule has 106 valence electrons. The van der Waals surface area contributed by atoms with Gasteiger partial charge < -0.3 is 9.47 Å². The van der Waals surface area contributed by atoms with Crippen LogP contribution < -0.4 is 9.47 Å². The standard InChI is InChI=1S/C16H16Cl2O2/c1-10-4-6-11(7-5-10)16(18)12-8-14(19-2)15(20-3)9-13(12)17/h4-9,16H,1-3H3. The Morgan fingerprint density at radius 1 is 0.950 bits per heavy atom. The van der Waals surface area contributed by atoms with Gasteiger partial charge in [0.15, 0.2) is 11.5 Å². The molecule has 20 heavy (non-hydrogen) atoms. The SMILES string of the molecule is COc1cc(Cl)c(C(Cl)c2ccc(C)cc2)cc1OC. The second kappa shape index (κ2) is 6.38. The monoisotopic (exact) mass is 310 g/mol. The predicted octanol–water partition coefficient (Wildman–Crippen LogP) is 4.99. The number of halogens is 2. The molecule has 0 saturated carbocycles. The van der Waals surface area contributed by atoms with E-state index in [4.69, 9.17) is 32.7 Å². The van der Waals surface area contributed by atoms with Gasteiger partial charge in [0.1, 0.15) is 0 Å². The molecule has 0 bridgehead atoms. The molecule has 2 nitrogen and oxygen atoms in total. The number of methoxy groups -OCH3 is 2. The van der Waals surface area contributed by atoms with Gasteiger partial charge in [-0.3, -0.25) is 0 Å². The average molecular weight is 311 g/mol. The van der Waals surface area contributed by atoms with E-state index in [1.54, 1.807) is 20.3 Å². The van der Waals surface area contributed by atoms with Gasteiger partial charge in [0.2, 0.25) is 0 Å². The first-order valence-corrected chi connectivity index (χ1v) is 7.00. The third-order valence-corrected chi connectivity index (χ3v) is 3.96. The molecule has 0 saturated heterocycles. The molecule has 1 atom stereocenters. The molecular weight excluding hydrogens is 295 g/mol. The van der Waals surface area contributed by atoms with Crippen LogP contribution in [0, 0.1) is 6.92 Å². The zero-order valence-electron chi connectivity index (χ0n) is 11.6. The van der Waals surface area contributed by atoms with Gasteiger partial charge in [-0.1, -0.05) is 41.4 Å². The summed E-state index contributed by atoms with van der Waals surface area (Å²) in [5.74, 6) is 1.21. The highest BCUT2D eigenvalue weighted by molar-refractivity contribution is 6.33. The molecule has 0 spiro atoms. The van der Waals surface area contributed by atoms with E-state index in [2.05, 4.69) is 0 Å². The van der Waals surface area contributed by atoms with E-state index in [0.717, 1.165) is 11.1 Å². The molecule has 4 heteroatoms. The summed E-state index contributed by atoms with van der Waals surface area (Å²) in [4.78, 5) is 0. The van der Waals surface area contributed by atoms with Crippen LogP contribution in [0.1, 0.15) is 22.1 Å². The van der Waals surface area contributed by atoms with Crippen LogP contribution in [0.2, 0.25) is 5.02 Å². The minimum absolute atomic E-state index is 0.331. The fourth-order valence-corrected chi connectivity index (χ4v) is 2.62. The summed E-state index contributed by atoms with van der Waals surface area (Å²) in [6, 6.07) is 11.6. The van der Waals surface area contributed by atoms with E-state index in [-0.39, 0.29) is 5.38 Å². The van der Waals surface area contributed by atoms with Crippen molar-refractivity contribution in [3.63, 3.8) is 0 Å². The van der Waals surface area contributed by atoms with Crippen molar-refractivity contribution in [3.05, 3.63) is 58.1 Å². The lowest BCUT2D eigenvalue weighted by Crippen LogP contribution is -1.98. The Morgan fingerprint density at radius 3 is 2.05 bits per heavy atom. The maximum absolute atomic E-state index is 6.53. The topological polar surface area (TPSA) is 18.5 Å². The summed E-state index contributed by atoms with van der Waals surface area (Å²) in [6.45, 7) is 2.04. The Balaban J connectivity index is 2.43. The van der Waals surface area contributed by atoms with Gasteiger partial charge in [0.05, 0.1) is 19.6 Å². The number of ether oxygens (including phenoxy) is 2. The number of aryl methyl sites for hydroxylation is 1. The largest absolute Gasteiger partial charge is 0.493 e. The van der Waals surface area contributed by atoms with Crippen molar-refractivity contribution in [2.75, 3.05) is 14.2 Å². The van der Waals surface area contributed by atoms with E-state index in [1.807, 2.05) is 37.3 Å². The molecule has 0 heterocycles. The summed E-state index contributed by atoms with van der Waals surface area (Å²) in [7, 11) is 3.16. The van der Waals surface area contributed by atoms with E-state index >= 15 is 0 Å². The van der Waals surface area contributed by atoms with Crippen molar-refractivity contribution in [2.24, 2.45) is 0 Å². The second-order valence-corrected chi connectivity index (χ2v) is 5.35. The predicted molar refractivity (Wildman–Crippen MR) is 83.4 cm³/mol. The summed E-state index contributed by atoms with van der Waals surface area (Å²) in [5.41, 5.74) is 2.98. The Morgan fingerprint density at radius 2 is 1.50 bits per heavy atom. The Bertz CT molecular complexity index is 594. The van der Waals surface area contributed by atoms with Crippen LogP contribution >= 0.6 is 23.2 Å². The Hall–Kier alpha value is -1.38. The fraction of sp³-hybridized carbons (Fsp3) is 0.250. The highest BCUT2D eigenvalue weighted by Gasteiger charge is 2.18. The minimum Gasteiger partial charge on any atom is -0.493 e. The van der Waals surface area contributed by atoms with Crippen LogP contribution in [0.3, 0.4) is 0 Å². The molecule has 0 aliphatic carbocycles. The van der Waals surface area contributed by atoms with Gasteiger partial charge in [-0.25, -0.2) is 0 Å². The number of rotatable bonds is 4. The van der Waals surface area contributed by atoms with Crippen molar-refractivity contribution in [3.8, 4) is 11.5 Å². The van der Waals surface area contributed by atoms with Crippen LogP contribution in [0.5, 0.6) is 11.5 Å². The highest BCUT2D eigenvalue weighted by Crippen LogP contribution is 2.40. The maximum Gasteiger partial charge on any atom is 0.162 e. The maximum atomic E-state index is 6.53. The molecule has 2 aromatic rings. The number of benzene rings is 2. The molecule has 1 unspecified atom stereocenters. The summed E-state index contributed by atoms with van der Waals surface area (Å²) < 4.78 is 10.5.